The Hall–Kier alpha value is -1.14. The first-order chi connectivity index (χ1) is 9.30. The van der Waals surface area contributed by atoms with Crippen LogP contribution in [0.25, 0.3) is 0 Å². The zero-order valence-corrected chi connectivity index (χ0v) is 12.9. The zero-order chi connectivity index (χ0) is 15.3. The molecular formula is C14H27N3O3. The molecule has 1 unspecified atom stereocenters. The Morgan fingerprint density at radius 1 is 1.35 bits per heavy atom. The number of amides is 1. The van der Waals surface area contributed by atoms with Gasteiger partial charge in [0.15, 0.2) is 0 Å². The van der Waals surface area contributed by atoms with E-state index >= 15 is 0 Å². The molecule has 6 nitrogen and oxygen atoms in total. The first-order valence-corrected chi connectivity index (χ1v) is 7.30. The van der Waals surface area contributed by atoms with Gasteiger partial charge in [0.05, 0.1) is 5.54 Å². The molecule has 1 aliphatic rings. The molecule has 0 aromatic rings. The highest BCUT2D eigenvalue weighted by Crippen LogP contribution is 2.17. The van der Waals surface area contributed by atoms with Crippen LogP contribution in [0.5, 0.6) is 0 Å². The van der Waals surface area contributed by atoms with Crippen molar-refractivity contribution in [3.05, 3.63) is 0 Å². The van der Waals surface area contributed by atoms with E-state index < -0.39 is 17.6 Å². The van der Waals surface area contributed by atoms with Gasteiger partial charge in [-0.3, -0.25) is 9.69 Å². The monoisotopic (exact) mass is 285 g/mol. The lowest BCUT2D eigenvalue weighted by atomic mass is 9.95. The molecule has 2 atom stereocenters. The largest absolute Gasteiger partial charge is 0.480 e. The highest BCUT2D eigenvalue weighted by Gasteiger charge is 2.38. The number of carbonyl (C=O) groups excluding carboxylic acids is 1. The third kappa shape index (κ3) is 3.93. The van der Waals surface area contributed by atoms with Crippen molar-refractivity contribution >= 4 is 11.9 Å². The van der Waals surface area contributed by atoms with Crippen LogP contribution in [-0.4, -0.2) is 59.6 Å². The third-order valence-electron chi connectivity index (χ3n) is 4.23. The van der Waals surface area contributed by atoms with Gasteiger partial charge in [0.25, 0.3) is 0 Å². The van der Waals surface area contributed by atoms with Crippen LogP contribution in [0.2, 0.25) is 0 Å². The third-order valence-corrected chi connectivity index (χ3v) is 4.23. The average Bonchev–Trinajstić information content (AvgIpc) is 2.44. The Kier molecular flexibility index (Phi) is 5.95. The molecule has 116 valence electrons. The first-order valence-electron chi connectivity index (χ1n) is 7.30. The van der Waals surface area contributed by atoms with Gasteiger partial charge in [-0.15, -0.1) is 0 Å². The number of hydrogen-bond donors (Lipinski definition) is 3. The van der Waals surface area contributed by atoms with Gasteiger partial charge >= 0.3 is 5.97 Å². The van der Waals surface area contributed by atoms with E-state index in [0.717, 1.165) is 26.2 Å². The summed E-state index contributed by atoms with van der Waals surface area (Å²) in [4.78, 5) is 25.9. The number of carboxylic acid groups (broad SMARTS) is 1. The summed E-state index contributed by atoms with van der Waals surface area (Å²) >= 11 is 0. The topological polar surface area (TPSA) is 81.7 Å². The number of nitrogens with one attached hydrogen (secondary N) is 2. The van der Waals surface area contributed by atoms with Crippen molar-refractivity contribution in [2.75, 3.05) is 26.2 Å². The van der Waals surface area contributed by atoms with Crippen molar-refractivity contribution in [1.82, 2.24) is 15.5 Å². The molecule has 0 saturated carbocycles. The maximum atomic E-state index is 12.5. The normalized spacial score (nSPS) is 20.2. The van der Waals surface area contributed by atoms with Crippen LogP contribution in [0, 0.1) is 5.92 Å². The summed E-state index contributed by atoms with van der Waals surface area (Å²) < 4.78 is 0. The summed E-state index contributed by atoms with van der Waals surface area (Å²) in [6.45, 7) is 10.8. The fourth-order valence-electron chi connectivity index (χ4n) is 2.37. The minimum Gasteiger partial charge on any atom is -0.480 e. The Morgan fingerprint density at radius 3 is 2.35 bits per heavy atom. The Balaban J connectivity index is 2.73. The molecule has 3 N–H and O–H groups in total. The Morgan fingerprint density at radius 2 is 1.90 bits per heavy atom. The summed E-state index contributed by atoms with van der Waals surface area (Å²) in [5.74, 6) is -1.27. The number of carboxylic acids is 1. The molecule has 0 radical (unpaired) electrons. The van der Waals surface area contributed by atoms with Crippen LogP contribution >= 0.6 is 0 Å². The van der Waals surface area contributed by atoms with Gasteiger partial charge in [-0.1, -0.05) is 20.3 Å². The molecule has 1 saturated heterocycles. The number of hydrogen-bond acceptors (Lipinski definition) is 4. The summed E-state index contributed by atoms with van der Waals surface area (Å²) in [5, 5.41) is 15.2. The maximum Gasteiger partial charge on any atom is 0.326 e. The van der Waals surface area contributed by atoms with Crippen LogP contribution in [0.3, 0.4) is 0 Å². The van der Waals surface area contributed by atoms with E-state index in [1.807, 2.05) is 27.7 Å². The molecular weight excluding hydrogens is 258 g/mol. The van der Waals surface area contributed by atoms with Gasteiger partial charge in [0.1, 0.15) is 6.04 Å². The number of nitrogens with zero attached hydrogens (tertiary/aromatic N) is 1. The quantitative estimate of drug-likeness (QED) is 0.653. The molecule has 1 rings (SSSR count). The van der Waals surface area contributed by atoms with Crippen molar-refractivity contribution in [2.45, 2.75) is 45.7 Å². The van der Waals surface area contributed by atoms with Crippen LogP contribution in [0.4, 0.5) is 0 Å². The van der Waals surface area contributed by atoms with Gasteiger partial charge in [-0.05, 0) is 19.8 Å². The number of carbonyl (C=O) groups is 2. The van der Waals surface area contributed by atoms with E-state index in [9.17, 15) is 14.7 Å². The summed E-state index contributed by atoms with van der Waals surface area (Å²) in [7, 11) is 0. The Labute approximate surface area is 120 Å². The molecule has 1 heterocycles. The molecule has 0 bridgehead atoms. The molecule has 1 fully saturated rings. The molecule has 20 heavy (non-hydrogen) atoms. The highest BCUT2D eigenvalue weighted by molar-refractivity contribution is 5.89. The average molecular weight is 285 g/mol. The number of rotatable bonds is 6. The standard InChI is InChI=1S/C14H27N3O3/c1-5-10(2)11(12(18)19)16-13(20)14(3,4)17-8-6-15-7-9-17/h10-11,15H,5-9H2,1-4H3,(H,16,20)(H,18,19)/t10?,11-/m0/s1. The maximum absolute atomic E-state index is 12.5. The van der Waals surface area contributed by atoms with Gasteiger partial charge in [-0.2, -0.15) is 0 Å². The van der Waals surface area contributed by atoms with Gasteiger partial charge in [0, 0.05) is 26.2 Å². The molecule has 0 aliphatic carbocycles. The SMILES string of the molecule is CCC(C)[C@H](NC(=O)C(C)(C)N1CCNCC1)C(=O)O. The molecule has 0 aromatic heterocycles. The van der Waals surface area contributed by atoms with Gasteiger partial charge in [-0.25, -0.2) is 4.79 Å². The predicted octanol–water partition coefficient (Wildman–Crippen LogP) is 0.286. The molecule has 1 aliphatic heterocycles. The second-order valence-electron chi connectivity index (χ2n) is 5.97. The lowest BCUT2D eigenvalue weighted by Gasteiger charge is -2.40. The fourth-order valence-corrected chi connectivity index (χ4v) is 2.37. The molecule has 0 aromatic carbocycles. The minimum atomic E-state index is -0.969. The summed E-state index contributed by atoms with van der Waals surface area (Å²) in [5.41, 5.74) is -0.691. The summed E-state index contributed by atoms with van der Waals surface area (Å²) in [6, 6.07) is -0.824. The van der Waals surface area contributed by atoms with E-state index in [4.69, 9.17) is 0 Å². The van der Waals surface area contributed by atoms with E-state index in [0.29, 0.717) is 6.42 Å². The van der Waals surface area contributed by atoms with Crippen molar-refractivity contribution < 1.29 is 14.7 Å². The van der Waals surface area contributed by atoms with E-state index in [1.165, 1.54) is 0 Å². The second kappa shape index (κ2) is 7.04. The first kappa shape index (κ1) is 16.9. The zero-order valence-electron chi connectivity index (χ0n) is 12.9. The molecule has 6 heteroatoms. The van der Waals surface area contributed by atoms with E-state index in [1.54, 1.807) is 0 Å². The Bertz CT molecular complexity index is 352. The second-order valence-corrected chi connectivity index (χ2v) is 5.97. The predicted molar refractivity (Wildman–Crippen MR) is 77.5 cm³/mol. The highest BCUT2D eigenvalue weighted by atomic mass is 16.4. The molecule has 0 spiro atoms. The van der Waals surface area contributed by atoms with Crippen LogP contribution in [-0.2, 0) is 9.59 Å². The van der Waals surface area contributed by atoms with Crippen molar-refractivity contribution in [3.8, 4) is 0 Å². The van der Waals surface area contributed by atoms with E-state index in [-0.39, 0.29) is 11.8 Å². The summed E-state index contributed by atoms with van der Waals surface area (Å²) in [6.07, 6.45) is 0.714. The minimum absolute atomic E-state index is 0.0877. The lowest BCUT2D eigenvalue weighted by Crippen LogP contribution is -2.62. The van der Waals surface area contributed by atoms with Gasteiger partial charge in [0.2, 0.25) is 5.91 Å². The molecule has 1 amide bonds. The lowest BCUT2D eigenvalue weighted by molar-refractivity contribution is -0.145. The van der Waals surface area contributed by atoms with Gasteiger partial charge < -0.3 is 15.7 Å². The smallest absolute Gasteiger partial charge is 0.326 e. The van der Waals surface area contributed by atoms with Crippen molar-refractivity contribution in [1.29, 1.82) is 0 Å². The van der Waals surface area contributed by atoms with Crippen LogP contribution in [0.1, 0.15) is 34.1 Å². The number of piperazine rings is 1. The van der Waals surface area contributed by atoms with Crippen LogP contribution < -0.4 is 10.6 Å². The fraction of sp³-hybridized carbons (Fsp3) is 0.857. The van der Waals surface area contributed by atoms with Crippen LogP contribution in [0.15, 0.2) is 0 Å². The van der Waals surface area contributed by atoms with E-state index in [2.05, 4.69) is 15.5 Å². The van der Waals surface area contributed by atoms with Crippen molar-refractivity contribution in [3.63, 3.8) is 0 Å². The number of aliphatic carboxylic acids is 1. The van der Waals surface area contributed by atoms with Crippen molar-refractivity contribution in [2.24, 2.45) is 5.92 Å².